The van der Waals surface area contributed by atoms with E-state index >= 15 is 0 Å². The number of halogens is 1. The Morgan fingerprint density at radius 2 is 1.91 bits per heavy atom. The van der Waals surface area contributed by atoms with Crippen molar-refractivity contribution in [3.05, 3.63) is 63.9 Å². The predicted molar refractivity (Wildman–Crippen MR) is 94.6 cm³/mol. The molecule has 1 fully saturated rings. The molecule has 5 heteroatoms. The average molecular weight is 340 g/mol. The van der Waals surface area contributed by atoms with Gasteiger partial charge in [0.05, 0.1) is 10.1 Å². The summed E-state index contributed by atoms with van der Waals surface area (Å²) < 4.78 is 3.38. The van der Waals surface area contributed by atoms with E-state index in [1.165, 1.54) is 21.2 Å². The maximum Gasteiger partial charge on any atom is 0.178 e. The third-order valence-corrected chi connectivity index (χ3v) is 6.25. The molecule has 1 aromatic carbocycles. The number of thiophene rings is 1. The van der Waals surface area contributed by atoms with Gasteiger partial charge in [0.15, 0.2) is 5.65 Å². The van der Waals surface area contributed by atoms with Crippen LogP contribution < -0.4 is 0 Å². The normalized spacial score (nSPS) is 16.3. The molecule has 0 saturated heterocycles. The van der Waals surface area contributed by atoms with E-state index in [1.807, 2.05) is 12.1 Å². The molecule has 0 unspecified atom stereocenters. The second-order valence-electron chi connectivity index (χ2n) is 6.28. The van der Waals surface area contributed by atoms with Crippen LogP contribution >= 0.6 is 22.9 Å². The first-order valence-corrected chi connectivity index (χ1v) is 8.93. The van der Waals surface area contributed by atoms with Gasteiger partial charge in [-0.25, -0.2) is 0 Å². The van der Waals surface area contributed by atoms with Gasteiger partial charge in [-0.05, 0) is 54.5 Å². The molecule has 114 valence electrons. The van der Waals surface area contributed by atoms with E-state index in [1.54, 1.807) is 11.3 Å². The van der Waals surface area contributed by atoms with Crippen LogP contribution in [-0.2, 0) is 5.41 Å². The zero-order chi connectivity index (χ0) is 15.6. The molecule has 0 atom stereocenters. The fraction of sp³-hybridized carbons (Fsp3) is 0.222. The van der Waals surface area contributed by atoms with E-state index in [-0.39, 0.29) is 5.41 Å². The third-order valence-electron chi connectivity index (χ3n) is 4.89. The molecular formula is C18H14ClN3S. The Morgan fingerprint density at radius 3 is 2.65 bits per heavy atom. The minimum Gasteiger partial charge on any atom is -0.284 e. The summed E-state index contributed by atoms with van der Waals surface area (Å²) >= 11 is 7.78. The quantitative estimate of drug-likeness (QED) is 0.515. The molecule has 0 bridgehead atoms. The van der Waals surface area contributed by atoms with E-state index < -0.39 is 0 Å². The number of benzene rings is 1. The third kappa shape index (κ3) is 1.82. The Kier molecular flexibility index (Phi) is 2.68. The maximum absolute atomic E-state index is 6.04. The zero-order valence-electron chi connectivity index (χ0n) is 12.6. The summed E-state index contributed by atoms with van der Waals surface area (Å²) in [5.41, 5.74) is 3.54. The highest BCUT2D eigenvalue weighted by molar-refractivity contribution is 7.18. The predicted octanol–water partition coefficient (Wildman–Crippen LogP) is 4.99. The molecule has 3 heterocycles. The van der Waals surface area contributed by atoms with Crippen molar-refractivity contribution < 1.29 is 0 Å². The Labute approximate surface area is 142 Å². The first-order chi connectivity index (χ1) is 11.2. The van der Waals surface area contributed by atoms with Gasteiger partial charge in [0, 0.05) is 16.6 Å². The van der Waals surface area contributed by atoms with E-state index in [4.69, 9.17) is 11.6 Å². The minimum absolute atomic E-state index is 0.00993. The highest BCUT2D eigenvalue weighted by atomic mass is 35.5. The van der Waals surface area contributed by atoms with Gasteiger partial charge in [-0.3, -0.25) is 4.40 Å². The van der Waals surface area contributed by atoms with Gasteiger partial charge in [0.1, 0.15) is 5.82 Å². The van der Waals surface area contributed by atoms with Crippen molar-refractivity contribution in [1.82, 2.24) is 14.6 Å². The molecule has 1 aliphatic carbocycles. The van der Waals surface area contributed by atoms with E-state index in [9.17, 15) is 0 Å². The number of fused-ring (bicyclic) bond motifs is 3. The zero-order valence-corrected chi connectivity index (χ0v) is 14.2. The van der Waals surface area contributed by atoms with Crippen LogP contribution in [0.2, 0.25) is 5.02 Å². The lowest BCUT2D eigenvalue weighted by molar-refractivity contribution is 0.740. The molecule has 4 aromatic rings. The van der Waals surface area contributed by atoms with Gasteiger partial charge in [0.25, 0.3) is 0 Å². The Balaban J connectivity index is 1.74. The second kappa shape index (κ2) is 4.56. The fourth-order valence-electron chi connectivity index (χ4n) is 3.43. The van der Waals surface area contributed by atoms with Crippen molar-refractivity contribution in [3.63, 3.8) is 0 Å². The molecule has 0 N–H and O–H groups in total. The standard InChI is InChI=1S/C18H14ClN3S/c1-11-10-23-15-14(11)6-9-22-16(15)20-21-17(22)18(7-8-18)12-2-4-13(19)5-3-12/h2-6,9-10H,7-8H2,1H3. The monoisotopic (exact) mass is 339 g/mol. The smallest absolute Gasteiger partial charge is 0.178 e. The van der Waals surface area contributed by atoms with Gasteiger partial charge in [0.2, 0.25) is 0 Å². The van der Waals surface area contributed by atoms with Crippen molar-refractivity contribution in [2.75, 3.05) is 0 Å². The van der Waals surface area contributed by atoms with Gasteiger partial charge in [-0.15, -0.1) is 21.5 Å². The fourth-order valence-corrected chi connectivity index (χ4v) is 4.58. The number of hydrogen-bond acceptors (Lipinski definition) is 3. The number of aryl methyl sites for hydroxylation is 1. The van der Waals surface area contributed by atoms with Gasteiger partial charge < -0.3 is 0 Å². The number of nitrogens with zero attached hydrogens (tertiary/aromatic N) is 3. The summed E-state index contributed by atoms with van der Waals surface area (Å²) in [6.07, 6.45) is 4.33. The number of aromatic nitrogens is 3. The molecule has 3 aromatic heterocycles. The molecule has 1 aliphatic rings. The Bertz CT molecular complexity index is 1040. The molecule has 0 spiro atoms. The summed E-state index contributed by atoms with van der Waals surface area (Å²) in [5.74, 6) is 1.04. The lowest BCUT2D eigenvalue weighted by Gasteiger charge is -2.14. The lowest BCUT2D eigenvalue weighted by Crippen LogP contribution is -2.13. The van der Waals surface area contributed by atoms with Crippen LogP contribution in [0.15, 0.2) is 41.9 Å². The largest absolute Gasteiger partial charge is 0.284 e. The molecule has 5 rings (SSSR count). The number of hydrogen-bond donors (Lipinski definition) is 0. The molecule has 0 amide bonds. The van der Waals surface area contributed by atoms with Gasteiger partial charge in [-0.2, -0.15) is 0 Å². The van der Waals surface area contributed by atoms with E-state index in [0.717, 1.165) is 29.3 Å². The van der Waals surface area contributed by atoms with Crippen LogP contribution in [0.25, 0.3) is 15.7 Å². The maximum atomic E-state index is 6.04. The van der Waals surface area contributed by atoms with Gasteiger partial charge >= 0.3 is 0 Å². The van der Waals surface area contributed by atoms with Crippen molar-refractivity contribution >= 4 is 38.7 Å². The lowest BCUT2D eigenvalue weighted by atomic mass is 9.95. The number of pyridine rings is 1. The summed E-state index contributed by atoms with van der Waals surface area (Å²) in [5, 5.41) is 13.3. The van der Waals surface area contributed by atoms with Crippen molar-refractivity contribution in [2.45, 2.75) is 25.2 Å². The molecule has 1 saturated carbocycles. The molecule has 3 nitrogen and oxygen atoms in total. The highest BCUT2D eigenvalue weighted by Crippen LogP contribution is 2.53. The molecule has 0 radical (unpaired) electrons. The average Bonchev–Trinajstić information content (AvgIpc) is 3.09. The summed E-state index contributed by atoms with van der Waals surface area (Å²) in [6, 6.07) is 10.3. The van der Waals surface area contributed by atoms with Crippen molar-refractivity contribution in [3.8, 4) is 0 Å². The summed E-state index contributed by atoms with van der Waals surface area (Å²) in [7, 11) is 0. The second-order valence-corrected chi connectivity index (χ2v) is 7.60. The van der Waals surface area contributed by atoms with Crippen LogP contribution in [0, 0.1) is 6.92 Å². The molecule has 23 heavy (non-hydrogen) atoms. The van der Waals surface area contributed by atoms with Crippen molar-refractivity contribution in [1.29, 1.82) is 0 Å². The Hall–Kier alpha value is -1.91. The van der Waals surface area contributed by atoms with Gasteiger partial charge in [-0.1, -0.05) is 23.7 Å². The van der Waals surface area contributed by atoms with E-state index in [0.29, 0.717) is 0 Å². The summed E-state index contributed by atoms with van der Waals surface area (Å²) in [4.78, 5) is 0. The topological polar surface area (TPSA) is 30.2 Å². The number of rotatable bonds is 2. The minimum atomic E-state index is -0.00993. The SMILES string of the molecule is Cc1csc2c1ccn1c(C3(c4ccc(Cl)cc4)CC3)nnc21. The van der Waals surface area contributed by atoms with Crippen LogP contribution in [0.1, 0.15) is 29.8 Å². The van der Waals surface area contributed by atoms with Crippen LogP contribution in [0.5, 0.6) is 0 Å². The Morgan fingerprint density at radius 1 is 1.13 bits per heavy atom. The van der Waals surface area contributed by atoms with Crippen LogP contribution in [-0.4, -0.2) is 14.6 Å². The highest BCUT2D eigenvalue weighted by Gasteiger charge is 2.49. The van der Waals surface area contributed by atoms with Crippen molar-refractivity contribution in [2.24, 2.45) is 0 Å². The van der Waals surface area contributed by atoms with Crippen LogP contribution in [0.3, 0.4) is 0 Å². The molecule has 0 aliphatic heterocycles. The molecular weight excluding hydrogens is 326 g/mol. The van der Waals surface area contributed by atoms with Crippen LogP contribution in [0.4, 0.5) is 0 Å². The van der Waals surface area contributed by atoms with E-state index in [2.05, 4.69) is 51.3 Å². The first kappa shape index (κ1) is 13.5. The first-order valence-electron chi connectivity index (χ1n) is 7.67. The summed E-state index contributed by atoms with van der Waals surface area (Å²) in [6.45, 7) is 2.14.